The van der Waals surface area contributed by atoms with Gasteiger partial charge in [0.05, 0.1) is 0 Å². The van der Waals surface area contributed by atoms with Gasteiger partial charge in [0.2, 0.25) is 0 Å². The third-order valence-electron chi connectivity index (χ3n) is 2.55. The zero-order valence-electron chi connectivity index (χ0n) is 10.3. The highest BCUT2D eigenvalue weighted by molar-refractivity contribution is 5.72. The van der Waals surface area contributed by atoms with Gasteiger partial charge in [0.1, 0.15) is 11.5 Å². The second kappa shape index (κ2) is 7.71. The second-order valence-corrected chi connectivity index (χ2v) is 4.13. The molecule has 0 bridgehead atoms. The normalized spacial score (nSPS) is 10.2. The van der Waals surface area contributed by atoms with Gasteiger partial charge in [0.15, 0.2) is 0 Å². The molecule has 0 unspecified atom stereocenters. The summed E-state index contributed by atoms with van der Waals surface area (Å²) in [5, 5.41) is 9.07. The topological polar surface area (TPSA) is 46.5 Å². The first kappa shape index (κ1) is 13.6. The van der Waals surface area contributed by atoms with E-state index in [-0.39, 0.29) is 11.7 Å². The van der Waals surface area contributed by atoms with Gasteiger partial charge in [0.25, 0.3) is 0 Å². The Hall–Kier alpha value is -1.51. The van der Waals surface area contributed by atoms with Gasteiger partial charge in [-0.1, -0.05) is 32.6 Å². The van der Waals surface area contributed by atoms with Crippen molar-refractivity contribution in [1.29, 1.82) is 0 Å². The molecule has 0 saturated carbocycles. The van der Waals surface area contributed by atoms with Crippen LogP contribution in [0.4, 0.5) is 0 Å². The molecule has 0 fully saturated rings. The van der Waals surface area contributed by atoms with Crippen molar-refractivity contribution in [2.24, 2.45) is 0 Å². The molecule has 0 saturated heterocycles. The second-order valence-electron chi connectivity index (χ2n) is 4.13. The van der Waals surface area contributed by atoms with E-state index < -0.39 is 0 Å². The van der Waals surface area contributed by atoms with E-state index in [4.69, 9.17) is 9.84 Å². The number of benzene rings is 1. The molecule has 0 aliphatic heterocycles. The highest BCUT2D eigenvalue weighted by atomic mass is 16.5. The van der Waals surface area contributed by atoms with E-state index in [2.05, 4.69) is 6.92 Å². The van der Waals surface area contributed by atoms with Crippen LogP contribution < -0.4 is 4.74 Å². The van der Waals surface area contributed by atoms with Gasteiger partial charge in [-0.25, -0.2) is 0 Å². The predicted octanol–water partition coefficient (Wildman–Crippen LogP) is 3.66. The Balaban J connectivity index is 2.18. The maximum atomic E-state index is 11.4. The van der Waals surface area contributed by atoms with Crippen molar-refractivity contribution >= 4 is 5.97 Å². The Morgan fingerprint density at radius 3 is 2.41 bits per heavy atom. The molecule has 0 aliphatic carbocycles. The lowest BCUT2D eigenvalue weighted by Gasteiger charge is -2.04. The molecule has 1 rings (SSSR count). The summed E-state index contributed by atoms with van der Waals surface area (Å²) in [6.07, 6.45) is 6.05. The average molecular weight is 236 g/mol. The lowest BCUT2D eigenvalue weighted by molar-refractivity contribution is -0.134. The fourth-order valence-corrected chi connectivity index (χ4v) is 1.57. The predicted molar refractivity (Wildman–Crippen MR) is 67.1 cm³/mol. The number of ether oxygens (including phenoxy) is 1. The Labute approximate surface area is 102 Å². The molecule has 0 spiro atoms. The molecule has 0 aliphatic rings. The lowest BCUT2D eigenvalue weighted by atomic mass is 10.1. The van der Waals surface area contributed by atoms with E-state index in [1.807, 2.05) is 0 Å². The van der Waals surface area contributed by atoms with Crippen LogP contribution in [0.3, 0.4) is 0 Å². The van der Waals surface area contributed by atoms with Crippen LogP contribution in [-0.2, 0) is 4.79 Å². The third-order valence-corrected chi connectivity index (χ3v) is 2.55. The molecule has 94 valence electrons. The number of aromatic hydroxyl groups is 1. The van der Waals surface area contributed by atoms with E-state index in [0.29, 0.717) is 12.2 Å². The Morgan fingerprint density at radius 1 is 1.12 bits per heavy atom. The van der Waals surface area contributed by atoms with Crippen molar-refractivity contribution in [2.75, 3.05) is 0 Å². The van der Waals surface area contributed by atoms with Crippen LogP contribution in [0.25, 0.3) is 0 Å². The molecule has 1 N–H and O–H groups in total. The molecule has 0 aromatic heterocycles. The molecule has 17 heavy (non-hydrogen) atoms. The maximum Gasteiger partial charge on any atom is 0.311 e. The van der Waals surface area contributed by atoms with Crippen LogP contribution in [0.2, 0.25) is 0 Å². The molecule has 1 aromatic carbocycles. The van der Waals surface area contributed by atoms with Crippen LogP contribution >= 0.6 is 0 Å². The number of hydrogen-bond donors (Lipinski definition) is 1. The van der Waals surface area contributed by atoms with Crippen molar-refractivity contribution in [2.45, 2.75) is 45.4 Å². The molecule has 3 heteroatoms. The van der Waals surface area contributed by atoms with Crippen molar-refractivity contribution in [3.8, 4) is 11.5 Å². The summed E-state index contributed by atoms with van der Waals surface area (Å²) in [6, 6.07) is 6.18. The fraction of sp³-hybridized carbons (Fsp3) is 0.500. The largest absolute Gasteiger partial charge is 0.508 e. The van der Waals surface area contributed by atoms with Crippen LogP contribution in [0.5, 0.6) is 11.5 Å². The summed E-state index contributed by atoms with van der Waals surface area (Å²) in [5.41, 5.74) is 0. The summed E-state index contributed by atoms with van der Waals surface area (Å²) < 4.78 is 5.13. The zero-order valence-corrected chi connectivity index (χ0v) is 10.3. The van der Waals surface area contributed by atoms with Crippen molar-refractivity contribution in [3.05, 3.63) is 24.3 Å². The van der Waals surface area contributed by atoms with Gasteiger partial charge < -0.3 is 9.84 Å². The third kappa shape index (κ3) is 5.95. The fourth-order valence-electron chi connectivity index (χ4n) is 1.57. The van der Waals surface area contributed by atoms with Crippen molar-refractivity contribution in [3.63, 3.8) is 0 Å². The zero-order chi connectivity index (χ0) is 12.5. The monoisotopic (exact) mass is 236 g/mol. The molecule has 1 aromatic rings. The lowest BCUT2D eigenvalue weighted by Crippen LogP contribution is -2.07. The number of rotatable bonds is 7. The number of phenols is 1. The van der Waals surface area contributed by atoms with Gasteiger partial charge in [-0.15, -0.1) is 0 Å². The first-order valence-electron chi connectivity index (χ1n) is 6.22. The van der Waals surface area contributed by atoms with Crippen LogP contribution in [0.1, 0.15) is 45.4 Å². The number of carbonyl (C=O) groups is 1. The minimum absolute atomic E-state index is 0.171. The molecule has 3 nitrogen and oxygen atoms in total. The first-order valence-corrected chi connectivity index (χ1v) is 6.22. The number of hydrogen-bond acceptors (Lipinski definition) is 3. The molecule has 0 radical (unpaired) electrons. The molecular formula is C14H20O3. The summed E-state index contributed by atoms with van der Waals surface area (Å²) >= 11 is 0. The van der Waals surface area contributed by atoms with Gasteiger partial charge in [-0.05, 0) is 30.7 Å². The van der Waals surface area contributed by atoms with E-state index in [9.17, 15) is 4.79 Å². The average Bonchev–Trinajstić information content (AvgIpc) is 2.32. The number of carbonyl (C=O) groups excluding carboxylic acids is 1. The van der Waals surface area contributed by atoms with Gasteiger partial charge >= 0.3 is 5.97 Å². The van der Waals surface area contributed by atoms with Gasteiger partial charge in [-0.2, -0.15) is 0 Å². The standard InChI is InChI=1S/C14H20O3/c1-2-3-4-5-6-7-14(16)17-13-10-8-12(15)9-11-13/h8-11,15H,2-7H2,1H3. The quantitative estimate of drug-likeness (QED) is 0.446. The molecule has 0 amide bonds. The minimum atomic E-state index is -0.202. The van der Waals surface area contributed by atoms with E-state index >= 15 is 0 Å². The molecule has 0 heterocycles. The smallest absolute Gasteiger partial charge is 0.311 e. The first-order chi connectivity index (χ1) is 8.22. The number of esters is 1. The summed E-state index contributed by atoms with van der Waals surface area (Å²) in [4.78, 5) is 11.4. The van der Waals surface area contributed by atoms with Crippen LogP contribution in [0.15, 0.2) is 24.3 Å². The number of unbranched alkanes of at least 4 members (excludes halogenated alkanes) is 4. The van der Waals surface area contributed by atoms with Crippen LogP contribution in [0, 0.1) is 0 Å². The highest BCUT2D eigenvalue weighted by Crippen LogP contribution is 2.16. The highest BCUT2D eigenvalue weighted by Gasteiger charge is 2.04. The van der Waals surface area contributed by atoms with Gasteiger partial charge in [0, 0.05) is 6.42 Å². The minimum Gasteiger partial charge on any atom is -0.508 e. The van der Waals surface area contributed by atoms with Crippen molar-refractivity contribution in [1.82, 2.24) is 0 Å². The molecular weight excluding hydrogens is 216 g/mol. The Morgan fingerprint density at radius 2 is 1.76 bits per heavy atom. The van der Waals surface area contributed by atoms with Crippen LogP contribution in [-0.4, -0.2) is 11.1 Å². The van der Waals surface area contributed by atoms with E-state index in [1.165, 1.54) is 31.4 Å². The van der Waals surface area contributed by atoms with Crippen molar-refractivity contribution < 1.29 is 14.6 Å². The maximum absolute atomic E-state index is 11.4. The number of phenolic OH excluding ortho intramolecular Hbond substituents is 1. The summed E-state index contributed by atoms with van der Waals surface area (Å²) in [6.45, 7) is 2.17. The summed E-state index contributed by atoms with van der Waals surface area (Å²) in [7, 11) is 0. The molecule has 0 atom stereocenters. The van der Waals surface area contributed by atoms with E-state index in [1.54, 1.807) is 12.1 Å². The Bertz CT molecular complexity index is 330. The van der Waals surface area contributed by atoms with E-state index in [0.717, 1.165) is 12.8 Å². The Kier molecular flexibility index (Phi) is 6.15. The van der Waals surface area contributed by atoms with Gasteiger partial charge in [-0.3, -0.25) is 4.79 Å². The SMILES string of the molecule is CCCCCCCC(=O)Oc1ccc(O)cc1. The summed E-state index contributed by atoms with van der Waals surface area (Å²) in [5.74, 6) is 0.456.